The number of hydrogen-bond donors (Lipinski definition) is 0. The quantitative estimate of drug-likeness (QED) is 0.145. The largest absolute Gasteiger partial charge is 0.255 e. The molecule has 0 amide bonds. The van der Waals surface area contributed by atoms with Crippen LogP contribution in [0.5, 0.6) is 0 Å². The van der Waals surface area contributed by atoms with Crippen molar-refractivity contribution in [2.75, 3.05) is 0 Å². The van der Waals surface area contributed by atoms with Gasteiger partial charge in [-0.1, -0.05) is 60.1 Å². The Morgan fingerprint density at radius 2 is 0.453 bits per heavy atom. The predicted octanol–water partition coefficient (Wildman–Crippen LogP) is 10.7. The van der Waals surface area contributed by atoms with E-state index >= 15 is 0 Å². The van der Waals surface area contributed by atoms with Gasteiger partial charge in [-0.05, 0) is 139 Å². The summed E-state index contributed by atoms with van der Waals surface area (Å²) in [7, 11) is 0. The molecule has 0 aliphatic heterocycles. The highest BCUT2D eigenvalue weighted by Gasteiger charge is 2.13. The van der Waals surface area contributed by atoms with E-state index in [0.29, 0.717) is 34.2 Å². The van der Waals surface area contributed by atoms with Gasteiger partial charge >= 0.3 is 0 Å². The van der Waals surface area contributed by atoms with Crippen LogP contribution in [0.3, 0.4) is 0 Å². The van der Waals surface area contributed by atoms with Crippen LogP contribution in [-0.2, 0) is 0 Å². The molecule has 0 radical (unpaired) electrons. The van der Waals surface area contributed by atoms with Crippen LogP contribution in [0.25, 0.3) is 79.5 Å². The van der Waals surface area contributed by atoms with Crippen molar-refractivity contribution in [3.05, 3.63) is 223 Å². The van der Waals surface area contributed by atoms with Crippen molar-refractivity contribution in [3.8, 4) is 103 Å². The summed E-state index contributed by atoms with van der Waals surface area (Å²) < 4.78 is 0. The minimum Gasteiger partial charge on any atom is -0.255 e. The maximum Gasteiger partial charge on any atom is 0.0906 e. The Labute approximate surface area is 369 Å². The highest BCUT2D eigenvalue weighted by atomic mass is 14.8. The first-order valence-electron chi connectivity index (χ1n) is 20.4. The number of rotatable bonds is 7. The lowest BCUT2D eigenvalue weighted by Crippen LogP contribution is -1.95. The van der Waals surface area contributed by atoms with Crippen molar-refractivity contribution in [3.63, 3.8) is 0 Å². The first-order valence-corrected chi connectivity index (χ1v) is 20.4. The molecule has 1 aromatic carbocycles. The van der Waals surface area contributed by atoms with E-state index < -0.39 is 0 Å². The van der Waals surface area contributed by atoms with Crippen molar-refractivity contribution in [2.45, 2.75) is 0 Å². The van der Waals surface area contributed by atoms with Crippen molar-refractivity contribution in [1.29, 1.82) is 0 Å². The molecular formula is C55H33N9. The van der Waals surface area contributed by atoms with Crippen molar-refractivity contribution in [2.24, 2.45) is 0 Å². The van der Waals surface area contributed by atoms with E-state index in [0.717, 1.165) is 67.5 Å². The molecule has 0 saturated heterocycles. The zero-order valence-electron chi connectivity index (χ0n) is 34.1. The molecule has 0 aliphatic carbocycles. The van der Waals surface area contributed by atoms with Gasteiger partial charge in [0, 0.05) is 59.4 Å². The Morgan fingerprint density at radius 3 is 0.703 bits per heavy atom. The molecule has 9 heterocycles. The van der Waals surface area contributed by atoms with Gasteiger partial charge in [-0.2, -0.15) is 0 Å². The van der Waals surface area contributed by atoms with Gasteiger partial charge in [-0.25, -0.2) is 15.0 Å². The summed E-state index contributed by atoms with van der Waals surface area (Å²) in [6.07, 6.45) is 10.6. The van der Waals surface area contributed by atoms with E-state index in [4.69, 9.17) is 15.0 Å². The normalized spacial score (nSPS) is 10.6. The van der Waals surface area contributed by atoms with Crippen LogP contribution in [-0.4, -0.2) is 44.9 Å². The minimum absolute atomic E-state index is 0.696. The Balaban J connectivity index is 1.13. The maximum atomic E-state index is 5.02. The van der Waals surface area contributed by atoms with Crippen LogP contribution in [0, 0.1) is 23.7 Å². The molecule has 9 aromatic heterocycles. The van der Waals surface area contributed by atoms with Gasteiger partial charge in [0.2, 0.25) is 0 Å². The van der Waals surface area contributed by atoms with Crippen LogP contribution in [0.4, 0.5) is 0 Å². The van der Waals surface area contributed by atoms with Gasteiger partial charge in [0.15, 0.2) is 0 Å². The lowest BCUT2D eigenvalue weighted by molar-refractivity contribution is 1.21. The molecule has 0 unspecified atom stereocenters. The van der Waals surface area contributed by atoms with Crippen LogP contribution < -0.4 is 0 Å². The third-order valence-electron chi connectivity index (χ3n) is 10.0. The lowest BCUT2D eigenvalue weighted by Gasteiger charge is -2.10. The summed E-state index contributed by atoms with van der Waals surface area (Å²) in [4.78, 5) is 42.5. The van der Waals surface area contributed by atoms with Crippen molar-refractivity contribution in [1.82, 2.24) is 44.9 Å². The second kappa shape index (κ2) is 18.1. The molecule has 9 nitrogen and oxygen atoms in total. The molecule has 0 aliphatic rings. The van der Waals surface area contributed by atoms with E-state index in [1.165, 1.54) is 0 Å². The first kappa shape index (κ1) is 38.9. The molecule has 0 fully saturated rings. The van der Waals surface area contributed by atoms with E-state index in [9.17, 15) is 0 Å². The first-order chi connectivity index (χ1) is 31.7. The van der Waals surface area contributed by atoms with E-state index in [-0.39, 0.29) is 0 Å². The number of pyridine rings is 9. The Bertz CT molecular complexity index is 3030. The maximum absolute atomic E-state index is 5.02. The molecule has 64 heavy (non-hydrogen) atoms. The van der Waals surface area contributed by atoms with Crippen molar-refractivity contribution < 1.29 is 0 Å². The topological polar surface area (TPSA) is 116 Å². The van der Waals surface area contributed by atoms with E-state index in [1.807, 2.05) is 152 Å². The van der Waals surface area contributed by atoms with Gasteiger partial charge in [0.25, 0.3) is 0 Å². The Morgan fingerprint density at radius 1 is 0.219 bits per heavy atom. The summed E-state index contributed by atoms with van der Waals surface area (Å²) in [6, 6.07) is 52.7. The summed E-state index contributed by atoms with van der Waals surface area (Å²) >= 11 is 0. The summed E-state index contributed by atoms with van der Waals surface area (Å²) in [5, 5.41) is 0. The molecule has 0 spiro atoms. The molecule has 0 atom stereocenters. The van der Waals surface area contributed by atoms with Gasteiger partial charge in [-0.3, -0.25) is 29.9 Å². The SMILES string of the molecule is C(#Cc1cc(-c2ccccn2)nc(-c2ccccn2)c1)c1cc(C#Cc2cc(-c3ccccn3)nc(-c3ccccn3)c2)cc(-c2cc(-c3ccccn3)nc(-c3ccccn3)c2)c1. The van der Waals surface area contributed by atoms with E-state index in [1.54, 1.807) is 37.2 Å². The highest BCUT2D eigenvalue weighted by Crippen LogP contribution is 2.31. The number of benzene rings is 1. The molecule has 0 saturated carbocycles. The molecule has 0 N–H and O–H groups in total. The third-order valence-corrected chi connectivity index (χ3v) is 10.0. The fourth-order valence-corrected chi connectivity index (χ4v) is 7.00. The summed E-state index contributed by atoms with van der Waals surface area (Å²) in [5.74, 6) is 13.8. The molecule has 0 bridgehead atoms. The fraction of sp³-hybridized carbons (Fsp3) is 0. The van der Waals surface area contributed by atoms with Gasteiger partial charge in [0.1, 0.15) is 0 Å². The number of hydrogen-bond acceptors (Lipinski definition) is 9. The minimum atomic E-state index is 0.696. The highest BCUT2D eigenvalue weighted by molar-refractivity contribution is 5.77. The van der Waals surface area contributed by atoms with Crippen LogP contribution >= 0.6 is 0 Å². The Hall–Kier alpha value is -9.31. The molecule has 10 rings (SSSR count). The van der Waals surface area contributed by atoms with Crippen LogP contribution in [0.1, 0.15) is 22.3 Å². The molecular weight excluding hydrogens is 787 g/mol. The zero-order valence-corrected chi connectivity index (χ0v) is 34.1. The van der Waals surface area contributed by atoms with Crippen LogP contribution in [0.15, 0.2) is 201 Å². The van der Waals surface area contributed by atoms with Crippen molar-refractivity contribution >= 4 is 0 Å². The monoisotopic (exact) mass is 819 g/mol. The van der Waals surface area contributed by atoms with Gasteiger partial charge in [-0.15, -0.1) is 0 Å². The average molecular weight is 820 g/mol. The molecule has 9 heteroatoms. The third kappa shape index (κ3) is 9.05. The molecule has 10 aromatic rings. The van der Waals surface area contributed by atoms with E-state index in [2.05, 4.69) is 65.7 Å². The van der Waals surface area contributed by atoms with Gasteiger partial charge in [0.05, 0.1) is 68.3 Å². The summed E-state index contributed by atoms with van der Waals surface area (Å²) in [6.45, 7) is 0. The Kier molecular flexibility index (Phi) is 11.0. The number of aromatic nitrogens is 9. The number of nitrogens with zero attached hydrogens (tertiary/aromatic N) is 9. The zero-order chi connectivity index (χ0) is 42.9. The predicted molar refractivity (Wildman–Crippen MR) is 249 cm³/mol. The second-order valence-electron chi connectivity index (χ2n) is 14.5. The molecule has 298 valence electrons. The van der Waals surface area contributed by atoms with Gasteiger partial charge < -0.3 is 0 Å². The standard InChI is InChI=1S/C55H33N9/c1-7-23-56-44(13-1)50-32-40(33-51(62-50)45-14-2-8-24-57-45)21-19-38-29-39(20-22-41-34-52(46-15-3-9-25-58-46)63-53(35-41)47-16-4-10-26-59-47)31-42(30-38)43-36-54(48-17-5-11-27-60-48)64-55(37-43)49-18-6-12-28-61-49/h1-18,23-37H. The summed E-state index contributed by atoms with van der Waals surface area (Å²) in [5.41, 5.74) is 13.5. The average Bonchev–Trinajstić information content (AvgIpc) is 3.38. The lowest BCUT2D eigenvalue weighted by atomic mass is 9.97. The fourth-order valence-electron chi connectivity index (χ4n) is 7.00. The second-order valence-corrected chi connectivity index (χ2v) is 14.5. The van der Waals surface area contributed by atoms with Crippen LogP contribution in [0.2, 0.25) is 0 Å². The smallest absolute Gasteiger partial charge is 0.0906 e.